The van der Waals surface area contributed by atoms with Gasteiger partial charge in [-0.25, -0.2) is 0 Å². The lowest BCUT2D eigenvalue weighted by Gasteiger charge is -2.09. The van der Waals surface area contributed by atoms with Gasteiger partial charge in [0.1, 0.15) is 5.75 Å². The molecule has 0 aliphatic rings. The van der Waals surface area contributed by atoms with Crippen LogP contribution < -0.4 is 21.3 Å². The molecule has 0 saturated carbocycles. The summed E-state index contributed by atoms with van der Waals surface area (Å²) in [7, 11) is 0. The number of thiocarbonyl (C=S) groups is 1. The summed E-state index contributed by atoms with van der Waals surface area (Å²) >= 11 is 16.1. The van der Waals surface area contributed by atoms with E-state index >= 15 is 0 Å². The Morgan fingerprint density at radius 2 is 2.12 bits per heavy atom. The monoisotopic (exact) mass is 293 g/mol. The minimum atomic E-state index is -0.441. The summed E-state index contributed by atoms with van der Waals surface area (Å²) < 4.78 is 5.16. The highest BCUT2D eigenvalue weighted by Crippen LogP contribution is 2.27. The third kappa shape index (κ3) is 5.08. The quantitative estimate of drug-likeness (QED) is 0.577. The molecule has 0 unspecified atom stereocenters. The van der Waals surface area contributed by atoms with Crippen LogP contribution in [0.3, 0.4) is 0 Å². The molecule has 8 heteroatoms. The molecule has 0 saturated heterocycles. The summed E-state index contributed by atoms with van der Waals surface area (Å²) in [6.45, 7) is -0.225. The highest BCUT2D eigenvalue weighted by atomic mass is 35.5. The second-order valence-corrected chi connectivity index (χ2v) is 4.18. The van der Waals surface area contributed by atoms with E-state index in [4.69, 9.17) is 33.7 Å². The van der Waals surface area contributed by atoms with Gasteiger partial charge in [-0.1, -0.05) is 23.2 Å². The highest BCUT2D eigenvalue weighted by Gasteiger charge is 2.06. The van der Waals surface area contributed by atoms with Gasteiger partial charge in [-0.15, -0.1) is 0 Å². The first-order valence-electron chi connectivity index (χ1n) is 4.41. The van der Waals surface area contributed by atoms with E-state index in [1.165, 1.54) is 6.07 Å². The van der Waals surface area contributed by atoms with Gasteiger partial charge in [0.05, 0.1) is 5.02 Å². The number of hydrogen-bond donors (Lipinski definition) is 3. The lowest BCUT2D eigenvalue weighted by molar-refractivity contribution is -0.123. The number of nitrogens with two attached hydrogens (primary N) is 1. The number of benzene rings is 1. The first-order chi connectivity index (χ1) is 7.99. The summed E-state index contributed by atoms with van der Waals surface area (Å²) in [5.41, 5.74) is 9.63. The van der Waals surface area contributed by atoms with Crippen molar-refractivity contribution in [3.8, 4) is 5.75 Å². The smallest absolute Gasteiger partial charge is 0.276 e. The number of ether oxygens (including phenoxy) is 1. The maximum absolute atomic E-state index is 11.2. The van der Waals surface area contributed by atoms with Crippen molar-refractivity contribution in [1.82, 2.24) is 10.9 Å². The minimum absolute atomic E-state index is 0.0390. The molecule has 1 amide bonds. The van der Waals surface area contributed by atoms with Crippen LogP contribution in [0.1, 0.15) is 0 Å². The van der Waals surface area contributed by atoms with Gasteiger partial charge in [-0.05, 0) is 30.4 Å². The molecule has 92 valence electrons. The standard InChI is InChI=1S/C9H9Cl2N3O2S/c10-5-1-2-7(6(11)3-5)16-4-8(15)13-14-9(12)17/h1-3H,4H2,(H,13,15)(H3,12,14,17). The summed E-state index contributed by atoms with van der Waals surface area (Å²) in [6.07, 6.45) is 0. The fourth-order valence-electron chi connectivity index (χ4n) is 0.903. The number of hydrazine groups is 1. The zero-order valence-corrected chi connectivity index (χ0v) is 10.8. The topological polar surface area (TPSA) is 76.4 Å². The number of carbonyl (C=O) groups is 1. The molecule has 1 aromatic carbocycles. The molecule has 17 heavy (non-hydrogen) atoms. The summed E-state index contributed by atoms with van der Waals surface area (Å²) in [5, 5.41) is 0.775. The van der Waals surface area contributed by atoms with Crippen LogP contribution in [-0.4, -0.2) is 17.6 Å². The molecule has 0 aromatic heterocycles. The second kappa shape index (κ2) is 6.48. The van der Waals surface area contributed by atoms with E-state index in [-0.39, 0.29) is 11.7 Å². The Hall–Kier alpha value is -1.24. The van der Waals surface area contributed by atoms with E-state index in [1.54, 1.807) is 12.1 Å². The van der Waals surface area contributed by atoms with Gasteiger partial charge in [0, 0.05) is 5.02 Å². The summed E-state index contributed by atoms with van der Waals surface area (Å²) in [6, 6.07) is 4.69. The van der Waals surface area contributed by atoms with Crippen molar-refractivity contribution in [2.75, 3.05) is 6.61 Å². The number of carbonyl (C=O) groups excluding carboxylic acids is 1. The average molecular weight is 294 g/mol. The molecule has 4 N–H and O–H groups in total. The Balaban J connectivity index is 2.44. The SMILES string of the molecule is NC(=S)NNC(=O)COc1ccc(Cl)cc1Cl. The fraction of sp³-hybridized carbons (Fsp3) is 0.111. The zero-order chi connectivity index (χ0) is 12.8. The van der Waals surface area contributed by atoms with E-state index < -0.39 is 5.91 Å². The van der Waals surface area contributed by atoms with Crippen molar-refractivity contribution in [3.05, 3.63) is 28.2 Å². The maximum atomic E-state index is 11.2. The van der Waals surface area contributed by atoms with E-state index in [0.717, 1.165) is 0 Å². The van der Waals surface area contributed by atoms with Crippen LogP contribution in [0.2, 0.25) is 10.0 Å². The van der Waals surface area contributed by atoms with Crippen LogP contribution in [-0.2, 0) is 4.79 Å². The van der Waals surface area contributed by atoms with Gasteiger partial charge < -0.3 is 10.5 Å². The average Bonchev–Trinajstić information content (AvgIpc) is 2.25. The molecule has 1 aromatic rings. The molecule has 0 radical (unpaired) electrons. The Labute approximate surface area is 113 Å². The highest BCUT2D eigenvalue weighted by molar-refractivity contribution is 7.80. The zero-order valence-electron chi connectivity index (χ0n) is 8.50. The Kier molecular flexibility index (Phi) is 5.27. The Bertz CT molecular complexity index is 442. The predicted molar refractivity (Wildman–Crippen MR) is 70.0 cm³/mol. The molecule has 0 aliphatic heterocycles. The van der Waals surface area contributed by atoms with Crippen molar-refractivity contribution in [1.29, 1.82) is 0 Å². The molecular formula is C9H9Cl2N3O2S. The van der Waals surface area contributed by atoms with E-state index in [2.05, 4.69) is 23.1 Å². The van der Waals surface area contributed by atoms with Crippen LogP contribution >= 0.6 is 35.4 Å². The third-order valence-corrected chi connectivity index (χ3v) is 2.21. The van der Waals surface area contributed by atoms with Crippen molar-refractivity contribution < 1.29 is 9.53 Å². The van der Waals surface area contributed by atoms with Gasteiger partial charge >= 0.3 is 0 Å². The number of halogens is 2. The van der Waals surface area contributed by atoms with Crippen molar-refractivity contribution in [3.63, 3.8) is 0 Å². The molecule has 1 rings (SSSR count). The van der Waals surface area contributed by atoms with Gasteiger partial charge in [0.25, 0.3) is 5.91 Å². The normalized spacial score (nSPS) is 9.53. The van der Waals surface area contributed by atoms with E-state index in [1.807, 2.05) is 0 Å². The molecule has 0 heterocycles. The lowest BCUT2D eigenvalue weighted by atomic mass is 10.3. The maximum Gasteiger partial charge on any atom is 0.276 e. The Morgan fingerprint density at radius 3 is 2.71 bits per heavy atom. The van der Waals surface area contributed by atoms with Crippen molar-refractivity contribution >= 4 is 46.4 Å². The summed E-state index contributed by atoms with van der Waals surface area (Å²) in [5.74, 6) is -0.0784. The van der Waals surface area contributed by atoms with Crippen LogP contribution in [0.25, 0.3) is 0 Å². The van der Waals surface area contributed by atoms with Crippen LogP contribution in [0.4, 0.5) is 0 Å². The number of hydrogen-bond acceptors (Lipinski definition) is 3. The molecule has 0 atom stereocenters. The molecule has 0 bridgehead atoms. The van der Waals surface area contributed by atoms with E-state index in [0.29, 0.717) is 15.8 Å². The van der Waals surface area contributed by atoms with Gasteiger partial charge in [0.2, 0.25) is 0 Å². The first kappa shape index (κ1) is 13.8. The van der Waals surface area contributed by atoms with Crippen molar-refractivity contribution in [2.24, 2.45) is 5.73 Å². The molecular weight excluding hydrogens is 285 g/mol. The van der Waals surface area contributed by atoms with Crippen LogP contribution in [0.5, 0.6) is 5.75 Å². The van der Waals surface area contributed by atoms with Gasteiger partial charge in [0.15, 0.2) is 11.7 Å². The van der Waals surface area contributed by atoms with Gasteiger partial charge in [-0.2, -0.15) is 0 Å². The van der Waals surface area contributed by atoms with E-state index in [9.17, 15) is 4.79 Å². The van der Waals surface area contributed by atoms with Crippen LogP contribution in [0.15, 0.2) is 18.2 Å². The second-order valence-electron chi connectivity index (χ2n) is 2.90. The number of amides is 1. The van der Waals surface area contributed by atoms with Crippen LogP contribution in [0, 0.1) is 0 Å². The first-order valence-corrected chi connectivity index (χ1v) is 5.57. The fourth-order valence-corrected chi connectivity index (χ4v) is 1.42. The van der Waals surface area contributed by atoms with Crippen molar-refractivity contribution in [2.45, 2.75) is 0 Å². The molecule has 0 fully saturated rings. The molecule has 0 spiro atoms. The minimum Gasteiger partial charge on any atom is -0.482 e. The third-order valence-electron chi connectivity index (χ3n) is 1.58. The largest absolute Gasteiger partial charge is 0.482 e. The Morgan fingerprint density at radius 1 is 1.41 bits per heavy atom. The number of rotatable bonds is 3. The lowest BCUT2D eigenvalue weighted by Crippen LogP contribution is -2.46. The molecule has 5 nitrogen and oxygen atoms in total. The van der Waals surface area contributed by atoms with Gasteiger partial charge in [-0.3, -0.25) is 15.6 Å². The molecule has 0 aliphatic carbocycles. The predicted octanol–water partition coefficient (Wildman–Crippen LogP) is 1.24. The summed E-state index contributed by atoms with van der Waals surface area (Å²) in [4.78, 5) is 11.2. The number of nitrogens with one attached hydrogen (secondary N) is 2.